The summed E-state index contributed by atoms with van der Waals surface area (Å²) < 4.78 is 11.1. The molecule has 0 saturated heterocycles. The van der Waals surface area contributed by atoms with Crippen LogP contribution in [0, 0.1) is 5.92 Å². The number of rotatable bonds is 4. The lowest BCUT2D eigenvalue weighted by Gasteiger charge is -2.35. The largest absolute Gasteiger partial charge is 0.375 e. The number of hydrogen-bond donors (Lipinski definition) is 1. The van der Waals surface area contributed by atoms with Gasteiger partial charge in [0.05, 0.1) is 12.1 Å². The van der Waals surface area contributed by atoms with Crippen LogP contribution in [-0.4, -0.2) is 22.2 Å². The number of nitrogens with zero attached hydrogens (tertiary/aromatic N) is 3. The maximum absolute atomic E-state index is 5.76. The number of ether oxygens (including phenoxy) is 1. The molecule has 0 spiro atoms. The molecule has 114 valence electrons. The lowest BCUT2D eigenvalue weighted by Crippen LogP contribution is -2.34. The molecule has 2 aromatic rings. The number of methoxy groups -OCH3 is 1. The number of anilines is 1. The van der Waals surface area contributed by atoms with E-state index in [1.165, 1.54) is 11.3 Å². The fourth-order valence-electron chi connectivity index (χ4n) is 2.82. The summed E-state index contributed by atoms with van der Waals surface area (Å²) in [5.41, 5.74) is 6.10. The van der Waals surface area contributed by atoms with E-state index < -0.39 is 5.60 Å². The topological polar surface area (TPSA) is 87.1 Å². The van der Waals surface area contributed by atoms with Gasteiger partial charge in [0.25, 0.3) is 0 Å². The van der Waals surface area contributed by atoms with E-state index in [-0.39, 0.29) is 0 Å². The summed E-state index contributed by atoms with van der Waals surface area (Å²) in [4.78, 5) is 8.74. The summed E-state index contributed by atoms with van der Waals surface area (Å²) in [6, 6.07) is 0. The van der Waals surface area contributed by atoms with Crippen molar-refractivity contribution in [2.75, 3.05) is 12.8 Å². The van der Waals surface area contributed by atoms with Gasteiger partial charge in [0.1, 0.15) is 5.60 Å². The van der Waals surface area contributed by atoms with Gasteiger partial charge in [-0.05, 0) is 31.6 Å². The summed E-state index contributed by atoms with van der Waals surface area (Å²) >= 11 is 1.41. The van der Waals surface area contributed by atoms with Crippen molar-refractivity contribution in [3.63, 3.8) is 0 Å². The summed E-state index contributed by atoms with van der Waals surface area (Å²) in [5, 5.41) is 6.61. The first-order chi connectivity index (χ1) is 10.1. The summed E-state index contributed by atoms with van der Waals surface area (Å²) in [6.07, 6.45) is 4.64. The molecule has 2 N–H and O–H groups in total. The molecule has 0 amide bonds. The second-order valence-electron chi connectivity index (χ2n) is 5.75. The molecule has 0 aliphatic heterocycles. The van der Waals surface area contributed by atoms with Gasteiger partial charge in [0.2, 0.25) is 11.7 Å². The Labute approximate surface area is 127 Å². The van der Waals surface area contributed by atoms with Gasteiger partial charge in [-0.3, -0.25) is 0 Å². The second-order valence-corrected chi connectivity index (χ2v) is 6.64. The highest BCUT2D eigenvalue weighted by molar-refractivity contribution is 7.13. The SMILES string of the molecule is COC1(c2noc(Cc3csc(N)n3)n2)CCC(C)CC1. The number of nitrogens with two attached hydrogens (primary N) is 1. The Kier molecular flexibility index (Phi) is 3.95. The van der Waals surface area contributed by atoms with Crippen molar-refractivity contribution in [3.8, 4) is 0 Å². The monoisotopic (exact) mass is 308 g/mol. The van der Waals surface area contributed by atoms with E-state index in [1.54, 1.807) is 7.11 Å². The molecule has 6 nitrogen and oxygen atoms in total. The molecule has 21 heavy (non-hydrogen) atoms. The molecular weight excluding hydrogens is 288 g/mol. The highest BCUT2D eigenvalue weighted by atomic mass is 32.1. The third-order valence-corrected chi connectivity index (χ3v) is 4.97. The number of nitrogen functional groups attached to an aromatic ring is 1. The molecule has 0 aromatic carbocycles. The van der Waals surface area contributed by atoms with E-state index >= 15 is 0 Å². The summed E-state index contributed by atoms with van der Waals surface area (Å²) in [7, 11) is 1.73. The van der Waals surface area contributed by atoms with E-state index in [2.05, 4.69) is 22.0 Å². The molecule has 1 aliphatic rings. The summed E-state index contributed by atoms with van der Waals surface area (Å²) in [6.45, 7) is 2.27. The van der Waals surface area contributed by atoms with Crippen molar-refractivity contribution in [1.82, 2.24) is 15.1 Å². The normalized spacial score (nSPS) is 26.1. The van der Waals surface area contributed by atoms with Crippen LogP contribution in [0.5, 0.6) is 0 Å². The smallest absolute Gasteiger partial charge is 0.232 e. The first-order valence-electron chi connectivity index (χ1n) is 7.19. The standard InChI is InChI=1S/C14H20N4O2S/c1-9-3-5-14(19-2,6-4-9)12-17-11(20-18-12)7-10-8-21-13(15)16-10/h8-9H,3-7H2,1-2H3,(H2,15,16). The molecule has 0 unspecified atom stereocenters. The Hall–Kier alpha value is -1.47. The van der Waals surface area contributed by atoms with Crippen molar-refractivity contribution in [1.29, 1.82) is 0 Å². The third-order valence-electron chi connectivity index (χ3n) is 4.25. The maximum Gasteiger partial charge on any atom is 0.232 e. The molecule has 0 radical (unpaired) electrons. The molecule has 1 aliphatic carbocycles. The van der Waals surface area contributed by atoms with Crippen molar-refractivity contribution >= 4 is 16.5 Å². The Morgan fingerprint density at radius 2 is 2.19 bits per heavy atom. The van der Waals surface area contributed by atoms with E-state index in [0.717, 1.165) is 37.3 Å². The summed E-state index contributed by atoms with van der Waals surface area (Å²) in [5.74, 6) is 1.96. The predicted molar refractivity (Wildman–Crippen MR) is 79.9 cm³/mol. The predicted octanol–water partition coefficient (Wildman–Crippen LogP) is 2.75. The lowest BCUT2D eigenvalue weighted by molar-refractivity contribution is -0.0609. The van der Waals surface area contributed by atoms with Gasteiger partial charge < -0.3 is 15.0 Å². The molecule has 1 fully saturated rings. The molecule has 0 bridgehead atoms. The molecular formula is C14H20N4O2S. The van der Waals surface area contributed by atoms with Crippen LogP contribution in [0.1, 0.15) is 50.0 Å². The lowest BCUT2D eigenvalue weighted by atomic mass is 9.79. The van der Waals surface area contributed by atoms with E-state index in [9.17, 15) is 0 Å². The molecule has 1 saturated carbocycles. The maximum atomic E-state index is 5.76. The van der Waals surface area contributed by atoms with E-state index in [0.29, 0.717) is 23.3 Å². The minimum absolute atomic E-state index is 0.393. The Balaban J connectivity index is 1.77. The van der Waals surface area contributed by atoms with Crippen LogP contribution in [0.4, 0.5) is 5.13 Å². The molecule has 0 atom stereocenters. The fraction of sp³-hybridized carbons (Fsp3) is 0.643. The fourth-order valence-corrected chi connectivity index (χ4v) is 3.38. The van der Waals surface area contributed by atoms with Crippen LogP contribution in [0.3, 0.4) is 0 Å². The van der Waals surface area contributed by atoms with Crippen LogP contribution in [-0.2, 0) is 16.8 Å². The first kappa shape index (κ1) is 14.5. The van der Waals surface area contributed by atoms with Gasteiger partial charge >= 0.3 is 0 Å². The van der Waals surface area contributed by atoms with Crippen LogP contribution >= 0.6 is 11.3 Å². The minimum atomic E-state index is -0.393. The van der Waals surface area contributed by atoms with Gasteiger partial charge in [-0.1, -0.05) is 12.1 Å². The van der Waals surface area contributed by atoms with Crippen LogP contribution in [0.15, 0.2) is 9.90 Å². The van der Waals surface area contributed by atoms with Crippen LogP contribution < -0.4 is 5.73 Å². The van der Waals surface area contributed by atoms with Crippen molar-refractivity contribution < 1.29 is 9.26 Å². The zero-order valence-electron chi connectivity index (χ0n) is 12.3. The Morgan fingerprint density at radius 1 is 1.43 bits per heavy atom. The zero-order chi connectivity index (χ0) is 14.9. The van der Waals surface area contributed by atoms with Gasteiger partial charge in [0.15, 0.2) is 5.13 Å². The number of thiazole rings is 1. The van der Waals surface area contributed by atoms with E-state index in [1.807, 2.05) is 5.38 Å². The average molecular weight is 308 g/mol. The second kappa shape index (κ2) is 5.73. The first-order valence-corrected chi connectivity index (χ1v) is 8.07. The number of aromatic nitrogens is 3. The van der Waals surface area contributed by atoms with Crippen molar-refractivity contribution in [2.24, 2.45) is 5.92 Å². The molecule has 7 heteroatoms. The molecule has 3 rings (SSSR count). The third kappa shape index (κ3) is 2.94. The average Bonchev–Trinajstić information content (AvgIpc) is 3.10. The van der Waals surface area contributed by atoms with Gasteiger partial charge in [-0.2, -0.15) is 4.98 Å². The highest BCUT2D eigenvalue weighted by Gasteiger charge is 2.40. The molecule has 2 heterocycles. The molecule has 2 aromatic heterocycles. The Morgan fingerprint density at radius 3 is 2.81 bits per heavy atom. The van der Waals surface area contributed by atoms with Crippen LogP contribution in [0.25, 0.3) is 0 Å². The minimum Gasteiger partial charge on any atom is -0.375 e. The van der Waals surface area contributed by atoms with Crippen LogP contribution in [0.2, 0.25) is 0 Å². The van der Waals surface area contributed by atoms with E-state index in [4.69, 9.17) is 15.0 Å². The zero-order valence-corrected chi connectivity index (χ0v) is 13.2. The highest BCUT2D eigenvalue weighted by Crippen LogP contribution is 2.40. The van der Waals surface area contributed by atoms with Gasteiger partial charge in [-0.15, -0.1) is 11.3 Å². The number of hydrogen-bond acceptors (Lipinski definition) is 7. The van der Waals surface area contributed by atoms with Crippen molar-refractivity contribution in [2.45, 2.75) is 44.6 Å². The van der Waals surface area contributed by atoms with Crippen molar-refractivity contribution in [3.05, 3.63) is 22.8 Å². The van der Waals surface area contributed by atoms with Gasteiger partial charge in [-0.25, -0.2) is 4.98 Å². The van der Waals surface area contributed by atoms with Gasteiger partial charge in [0, 0.05) is 12.5 Å². The quantitative estimate of drug-likeness (QED) is 0.934. The Bertz CT molecular complexity index is 602.